The van der Waals surface area contributed by atoms with Crippen molar-refractivity contribution in [2.45, 2.75) is 38.3 Å². The molecule has 1 aliphatic rings. The van der Waals surface area contributed by atoms with Crippen LogP contribution >= 0.6 is 0 Å². The number of likely N-dealkylation sites (tertiary alicyclic amines) is 1. The van der Waals surface area contributed by atoms with Crippen molar-refractivity contribution in [2.24, 2.45) is 11.7 Å². The number of nitrogens with zero attached hydrogens (tertiary/aromatic N) is 1. The highest BCUT2D eigenvalue weighted by Gasteiger charge is 2.26. The van der Waals surface area contributed by atoms with E-state index in [1.54, 1.807) is 0 Å². The Morgan fingerprint density at radius 3 is 2.81 bits per heavy atom. The predicted molar refractivity (Wildman–Crippen MR) is 85.9 cm³/mol. The third kappa shape index (κ3) is 4.83. The van der Waals surface area contributed by atoms with Gasteiger partial charge in [-0.2, -0.15) is 0 Å². The second-order valence-corrected chi connectivity index (χ2v) is 6.27. The van der Waals surface area contributed by atoms with E-state index in [-0.39, 0.29) is 11.9 Å². The molecular weight excluding hydrogens is 262 g/mol. The Bertz CT molecular complexity index is 449. The molecule has 0 aliphatic carbocycles. The lowest BCUT2D eigenvalue weighted by atomic mass is 9.93. The van der Waals surface area contributed by atoms with Crippen LogP contribution < -0.4 is 11.1 Å². The van der Waals surface area contributed by atoms with Gasteiger partial charge in [0.25, 0.3) is 0 Å². The minimum absolute atomic E-state index is 0.00710. The van der Waals surface area contributed by atoms with E-state index in [4.69, 9.17) is 5.73 Å². The van der Waals surface area contributed by atoms with Crippen molar-refractivity contribution >= 4 is 5.91 Å². The van der Waals surface area contributed by atoms with E-state index in [9.17, 15) is 4.79 Å². The number of amides is 1. The van der Waals surface area contributed by atoms with Gasteiger partial charge in [0.2, 0.25) is 5.91 Å². The van der Waals surface area contributed by atoms with Gasteiger partial charge in [0.1, 0.15) is 0 Å². The molecule has 2 unspecified atom stereocenters. The van der Waals surface area contributed by atoms with E-state index in [0.717, 1.165) is 25.9 Å². The molecule has 0 spiro atoms. The molecule has 1 aliphatic heterocycles. The fraction of sp³-hybridized carbons (Fsp3) is 0.588. The van der Waals surface area contributed by atoms with Crippen molar-refractivity contribution in [3.63, 3.8) is 0 Å². The van der Waals surface area contributed by atoms with Crippen molar-refractivity contribution in [2.75, 3.05) is 20.1 Å². The van der Waals surface area contributed by atoms with Crippen LogP contribution in [0.3, 0.4) is 0 Å². The molecule has 1 amide bonds. The van der Waals surface area contributed by atoms with E-state index >= 15 is 0 Å². The standard InChI is InChI=1S/C17H27N3O/c1-13-12-20(2)11-10-16(13)19-17(21)15(18)9-8-14-6-4-3-5-7-14/h3-7,13,15-16H,8-12,18H2,1-2H3,(H,19,21)/t13?,15-,16?/m0/s1. The number of hydrogen-bond acceptors (Lipinski definition) is 3. The van der Waals surface area contributed by atoms with Gasteiger partial charge in [-0.1, -0.05) is 37.3 Å². The number of benzene rings is 1. The topological polar surface area (TPSA) is 58.4 Å². The Morgan fingerprint density at radius 1 is 1.43 bits per heavy atom. The second-order valence-electron chi connectivity index (χ2n) is 6.27. The summed E-state index contributed by atoms with van der Waals surface area (Å²) in [5, 5.41) is 3.13. The molecule has 1 heterocycles. The second kappa shape index (κ2) is 7.57. The van der Waals surface area contributed by atoms with Gasteiger partial charge < -0.3 is 16.0 Å². The summed E-state index contributed by atoms with van der Waals surface area (Å²) >= 11 is 0. The highest BCUT2D eigenvalue weighted by Crippen LogP contribution is 2.15. The minimum atomic E-state index is -0.419. The van der Waals surface area contributed by atoms with Gasteiger partial charge in [-0.3, -0.25) is 4.79 Å². The molecule has 1 aromatic carbocycles. The van der Waals surface area contributed by atoms with Crippen LogP contribution in [0, 0.1) is 5.92 Å². The maximum absolute atomic E-state index is 12.2. The number of hydrogen-bond donors (Lipinski definition) is 2. The number of carbonyl (C=O) groups is 1. The first-order chi connectivity index (χ1) is 10.1. The molecule has 0 bridgehead atoms. The molecular formula is C17H27N3O. The van der Waals surface area contributed by atoms with Crippen LogP contribution in [0.1, 0.15) is 25.3 Å². The number of aryl methyl sites for hydroxylation is 1. The molecule has 3 atom stereocenters. The molecule has 116 valence electrons. The van der Waals surface area contributed by atoms with Crippen LogP contribution in [0.25, 0.3) is 0 Å². The van der Waals surface area contributed by atoms with Crippen LogP contribution in [-0.4, -0.2) is 43.0 Å². The molecule has 1 saturated heterocycles. The van der Waals surface area contributed by atoms with E-state index in [2.05, 4.69) is 36.3 Å². The lowest BCUT2D eigenvalue weighted by Crippen LogP contribution is -2.52. The van der Waals surface area contributed by atoms with Gasteiger partial charge in [-0.15, -0.1) is 0 Å². The maximum Gasteiger partial charge on any atom is 0.237 e. The van der Waals surface area contributed by atoms with Crippen LogP contribution in [0.2, 0.25) is 0 Å². The summed E-state index contributed by atoms with van der Waals surface area (Å²) < 4.78 is 0. The Hall–Kier alpha value is -1.39. The Kier molecular flexibility index (Phi) is 5.76. The number of rotatable bonds is 5. The molecule has 0 saturated carbocycles. The Balaban J connectivity index is 1.77. The lowest BCUT2D eigenvalue weighted by molar-refractivity contribution is -0.123. The van der Waals surface area contributed by atoms with Gasteiger partial charge in [-0.05, 0) is 44.3 Å². The summed E-state index contributed by atoms with van der Waals surface area (Å²) in [7, 11) is 2.13. The fourth-order valence-electron chi connectivity index (χ4n) is 2.96. The monoisotopic (exact) mass is 289 g/mol. The highest BCUT2D eigenvalue weighted by molar-refractivity contribution is 5.81. The summed E-state index contributed by atoms with van der Waals surface area (Å²) in [5.74, 6) is 0.473. The molecule has 2 rings (SSSR count). The zero-order valence-corrected chi connectivity index (χ0v) is 13.1. The molecule has 3 N–H and O–H groups in total. The minimum Gasteiger partial charge on any atom is -0.352 e. The molecule has 21 heavy (non-hydrogen) atoms. The summed E-state index contributed by atoms with van der Waals surface area (Å²) in [6.07, 6.45) is 2.55. The number of nitrogens with one attached hydrogen (secondary N) is 1. The van der Waals surface area contributed by atoms with Crippen LogP contribution in [0.15, 0.2) is 30.3 Å². The normalized spacial score (nSPS) is 24.5. The smallest absolute Gasteiger partial charge is 0.237 e. The third-order valence-electron chi connectivity index (χ3n) is 4.36. The summed E-state index contributed by atoms with van der Waals surface area (Å²) in [4.78, 5) is 14.5. The van der Waals surface area contributed by atoms with E-state index in [0.29, 0.717) is 12.3 Å². The van der Waals surface area contributed by atoms with Crippen molar-refractivity contribution in [1.29, 1.82) is 0 Å². The summed E-state index contributed by atoms with van der Waals surface area (Å²) in [6.45, 7) is 4.26. The van der Waals surface area contributed by atoms with E-state index in [1.165, 1.54) is 5.56 Å². The average Bonchev–Trinajstić information content (AvgIpc) is 2.48. The molecule has 4 nitrogen and oxygen atoms in total. The van der Waals surface area contributed by atoms with Gasteiger partial charge in [0.15, 0.2) is 0 Å². The lowest BCUT2D eigenvalue weighted by Gasteiger charge is -2.35. The van der Waals surface area contributed by atoms with Crippen molar-refractivity contribution < 1.29 is 4.79 Å². The first-order valence-electron chi connectivity index (χ1n) is 7.84. The number of nitrogens with two attached hydrogens (primary N) is 1. The van der Waals surface area contributed by atoms with Crippen LogP contribution in [0.5, 0.6) is 0 Å². The van der Waals surface area contributed by atoms with Crippen LogP contribution in [-0.2, 0) is 11.2 Å². The quantitative estimate of drug-likeness (QED) is 0.861. The highest BCUT2D eigenvalue weighted by atomic mass is 16.2. The van der Waals surface area contributed by atoms with Crippen molar-refractivity contribution in [3.8, 4) is 0 Å². The predicted octanol–water partition coefficient (Wildman–Crippen LogP) is 1.40. The van der Waals surface area contributed by atoms with Crippen molar-refractivity contribution in [3.05, 3.63) is 35.9 Å². The first kappa shape index (κ1) is 16.0. The molecule has 0 radical (unpaired) electrons. The molecule has 4 heteroatoms. The van der Waals surface area contributed by atoms with Crippen LogP contribution in [0.4, 0.5) is 0 Å². The van der Waals surface area contributed by atoms with Gasteiger partial charge in [0, 0.05) is 12.6 Å². The third-order valence-corrected chi connectivity index (χ3v) is 4.36. The average molecular weight is 289 g/mol. The first-order valence-corrected chi connectivity index (χ1v) is 7.84. The Labute approximate surface area is 127 Å². The zero-order valence-electron chi connectivity index (χ0n) is 13.1. The van der Waals surface area contributed by atoms with Gasteiger partial charge in [0.05, 0.1) is 6.04 Å². The Morgan fingerprint density at radius 2 is 2.14 bits per heavy atom. The van der Waals surface area contributed by atoms with Crippen molar-refractivity contribution in [1.82, 2.24) is 10.2 Å². The number of piperidine rings is 1. The maximum atomic E-state index is 12.2. The number of carbonyl (C=O) groups excluding carboxylic acids is 1. The SMILES string of the molecule is CC1CN(C)CCC1NC(=O)[C@@H](N)CCc1ccccc1. The van der Waals surface area contributed by atoms with Gasteiger partial charge in [-0.25, -0.2) is 0 Å². The van der Waals surface area contributed by atoms with E-state index < -0.39 is 6.04 Å². The summed E-state index contributed by atoms with van der Waals surface area (Å²) in [6, 6.07) is 10.0. The van der Waals surface area contributed by atoms with E-state index in [1.807, 2.05) is 18.2 Å². The molecule has 1 aromatic rings. The largest absolute Gasteiger partial charge is 0.352 e. The van der Waals surface area contributed by atoms with Gasteiger partial charge >= 0.3 is 0 Å². The zero-order chi connectivity index (χ0) is 15.2. The summed E-state index contributed by atoms with van der Waals surface area (Å²) in [5.41, 5.74) is 7.26. The fourth-order valence-corrected chi connectivity index (χ4v) is 2.96. The molecule has 1 fully saturated rings. The molecule has 0 aromatic heterocycles.